The molecule has 104 valence electrons. The molecule has 4 nitrogen and oxygen atoms in total. The number of carbonyl (C=O) groups excluding carboxylic acids is 1. The highest BCUT2D eigenvalue weighted by molar-refractivity contribution is 9.10. The Labute approximate surface area is 126 Å². The molecule has 0 unspecified atom stereocenters. The number of para-hydroxylation sites is 1. The van der Waals surface area contributed by atoms with Gasteiger partial charge in [-0.25, -0.2) is 0 Å². The van der Waals surface area contributed by atoms with Crippen LogP contribution in [0.3, 0.4) is 0 Å². The molecular weight excluding hydrogens is 320 g/mol. The fraction of sp³-hybridized carbons (Fsp3) is 0.133. The van der Waals surface area contributed by atoms with E-state index in [-0.39, 0.29) is 22.9 Å². The second kappa shape index (κ2) is 5.96. The molecule has 0 spiro atoms. The van der Waals surface area contributed by atoms with Gasteiger partial charge in [-0.2, -0.15) is 0 Å². The minimum absolute atomic E-state index is 0.167. The van der Waals surface area contributed by atoms with E-state index in [4.69, 9.17) is 5.73 Å². The number of phenols is 1. The van der Waals surface area contributed by atoms with Gasteiger partial charge in [0.15, 0.2) is 5.75 Å². The van der Waals surface area contributed by atoms with E-state index in [1.807, 2.05) is 24.3 Å². The van der Waals surface area contributed by atoms with Gasteiger partial charge in [-0.1, -0.05) is 34.1 Å². The molecule has 0 saturated heterocycles. The van der Waals surface area contributed by atoms with Crippen molar-refractivity contribution in [3.63, 3.8) is 0 Å². The number of carbonyl (C=O) groups is 1. The molecule has 0 aliphatic heterocycles. The number of nitrogen functional groups attached to an aromatic ring is 1. The third-order valence-electron chi connectivity index (χ3n) is 2.98. The SMILES string of the molecule is CN(Cc1ccc(Br)cc1)C(=O)c1cccc(N)c1O. The lowest BCUT2D eigenvalue weighted by atomic mass is 10.1. The van der Waals surface area contributed by atoms with Crippen LogP contribution >= 0.6 is 15.9 Å². The Kier molecular flexibility index (Phi) is 4.29. The van der Waals surface area contributed by atoms with Crippen LogP contribution in [0.25, 0.3) is 0 Å². The third-order valence-corrected chi connectivity index (χ3v) is 3.51. The van der Waals surface area contributed by atoms with Crippen molar-refractivity contribution in [2.45, 2.75) is 6.54 Å². The quantitative estimate of drug-likeness (QED) is 0.669. The molecule has 2 aromatic rings. The van der Waals surface area contributed by atoms with Crippen molar-refractivity contribution in [1.82, 2.24) is 4.90 Å². The predicted molar refractivity (Wildman–Crippen MR) is 82.5 cm³/mol. The monoisotopic (exact) mass is 334 g/mol. The summed E-state index contributed by atoms with van der Waals surface area (Å²) in [4.78, 5) is 13.8. The molecule has 0 heterocycles. The second-order valence-electron chi connectivity index (χ2n) is 4.53. The summed E-state index contributed by atoms with van der Waals surface area (Å²) in [7, 11) is 1.69. The Morgan fingerprint density at radius 3 is 2.55 bits per heavy atom. The zero-order chi connectivity index (χ0) is 14.7. The van der Waals surface area contributed by atoms with Crippen molar-refractivity contribution < 1.29 is 9.90 Å². The number of benzene rings is 2. The van der Waals surface area contributed by atoms with Crippen LogP contribution in [-0.4, -0.2) is 23.0 Å². The molecule has 0 bridgehead atoms. The molecular formula is C15H15BrN2O2. The largest absolute Gasteiger partial charge is 0.505 e. The average molecular weight is 335 g/mol. The van der Waals surface area contributed by atoms with Gasteiger partial charge < -0.3 is 15.7 Å². The maximum absolute atomic E-state index is 12.3. The van der Waals surface area contributed by atoms with Crippen LogP contribution in [0.2, 0.25) is 0 Å². The number of nitrogens with two attached hydrogens (primary N) is 1. The molecule has 20 heavy (non-hydrogen) atoms. The maximum atomic E-state index is 12.3. The number of hydrogen-bond acceptors (Lipinski definition) is 3. The standard InChI is InChI=1S/C15H15BrN2O2/c1-18(9-10-5-7-11(16)8-6-10)15(20)12-3-2-4-13(17)14(12)19/h2-8,19H,9,17H2,1H3. The molecule has 0 fully saturated rings. The first-order valence-electron chi connectivity index (χ1n) is 6.06. The van der Waals surface area contributed by atoms with E-state index in [1.165, 1.54) is 4.90 Å². The molecule has 5 heteroatoms. The highest BCUT2D eigenvalue weighted by Crippen LogP contribution is 2.25. The molecule has 0 saturated carbocycles. The minimum Gasteiger partial charge on any atom is -0.505 e. The molecule has 0 atom stereocenters. The second-order valence-corrected chi connectivity index (χ2v) is 5.45. The smallest absolute Gasteiger partial charge is 0.257 e. The van der Waals surface area contributed by atoms with E-state index in [2.05, 4.69) is 15.9 Å². The van der Waals surface area contributed by atoms with Crippen LogP contribution in [0.1, 0.15) is 15.9 Å². The fourth-order valence-corrected chi connectivity index (χ4v) is 2.14. The van der Waals surface area contributed by atoms with Gasteiger partial charge in [0.1, 0.15) is 0 Å². The lowest BCUT2D eigenvalue weighted by molar-refractivity contribution is 0.0782. The van der Waals surface area contributed by atoms with E-state index in [9.17, 15) is 9.90 Å². The van der Waals surface area contributed by atoms with Gasteiger partial charge >= 0.3 is 0 Å². The third kappa shape index (κ3) is 3.11. The normalized spacial score (nSPS) is 10.3. The summed E-state index contributed by atoms with van der Waals surface area (Å²) >= 11 is 3.37. The molecule has 3 N–H and O–H groups in total. The van der Waals surface area contributed by atoms with Crippen LogP contribution in [0.5, 0.6) is 5.75 Å². The number of rotatable bonds is 3. The molecule has 0 aliphatic rings. The number of amides is 1. The molecule has 2 aromatic carbocycles. The van der Waals surface area contributed by atoms with E-state index in [0.29, 0.717) is 6.54 Å². The molecule has 0 aliphatic carbocycles. The van der Waals surface area contributed by atoms with E-state index < -0.39 is 0 Å². The zero-order valence-corrected chi connectivity index (χ0v) is 12.6. The number of anilines is 1. The van der Waals surface area contributed by atoms with Crippen molar-refractivity contribution in [2.75, 3.05) is 12.8 Å². The summed E-state index contributed by atoms with van der Waals surface area (Å²) in [6.45, 7) is 0.459. The van der Waals surface area contributed by atoms with Gasteiger partial charge in [-0.3, -0.25) is 4.79 Å². The first-order valence-corrected chi connectivity index (χ1v) is 6.85. The van der Waals surface area contributed by atoms with Crippen LogP contribution in [0.15, 0.2) is 46.9 Å². The zero-order valence-electron chi connectivity index (χ0n) is 11.0. The van der Waals surface area contributed by atoms with E-state index in [0.717, 1.165) is 10.0 Å². The Balaban J connectivity index is 2.16. The topological polar surface area (TPSA) is 66.6 Å². The first-order chi connectivity index (χ1) is 9.49. The number of halogens is 1. The van der Waals surface area contributed by atoms with Crippen LogP contribution in [0, 0.1) is 0 Å². The van der Waals surface area contributed by atoms with Crippen molar-refractivity contribution in [3.8, 4) is 5.75 Å². The highest BCUT2D eigenvalue weighted by atomic mass is 79.9. The number of nitrogens with zero attached hydrogens (tertiary/aromatic N) is 1. The van der Waals surface area contributed by atoms with Crippen LogP contribution < -0.4 is 5.73 Å². The lowest BCUT2D eigenvalue weighted by Gasteiger charge is -2.18. The highest BCUT2D eigenvalue weighted by Gasteiger charge is 2.17. The molecule has 1 amide bonds. The summed E-state index contributed by atoms with van der Waals surface area (Å²) in [5, 5.41) is 9.84. The molecule has 0 radical (unpaired) electrons. The fourth-order valence-electron chi connectivity index (χ4n) is 1.88. The minimum atomic E-state index is -0.266. The first kappa shape index (κ1) is 14.4. The van der Waals surface area contributed by atoms with Gasteiger partial charge in [0.2, 0.25) is 0 Å². The van der Waals surface area contributed by atoms with E-state index >= 15 is 0 Å². The summed E-state index contributed by atoms with van der Waals surface area (Å²) < 4.78 is 0.990. The van der Waals surface area contributed by atoms with Crippen molar-refractivity contribution >= 4 is 27.5 Å². The van der Waals surface area contributed by atoms with Gasteiger partial charge in [0.25, 0.3) is 5.91 Å². The van der Waals surface area contributed by atoms with Gasteiger partial charge in [-0.15, -0.1) is 0 Å². The van der Waals surface area contributed by atoms with E-state index in [1.54, 1.807) is 25.2 Å². The number of aromatic hydroxyl groups is 1. The maximum Gasteiger partial charge on any atom is 0.257 e. The molecule has 2 rings (SSSR count). The number of hydrogen-bond donors (Lipinski definition) is 2. The summed E-state index contributed by atoms with van der Waals surface area (Å²) in [5.41, 5.74) is 7.02. The van der Waals surface area contributed by atoms with Crippen molar-refractivity contribution in [1.29, 1.82) is 0 Å². The lowest BCUT2D eigenvalue weighted by Crippen LogP contribution is -2.26. The summed E-state index contributed by atoms with van der Waals surface area (Å²) in [6.07, 6.45) is 0. The van der Waals surface area contributed by atoms with Gasteiger partial charge in [0, 0.05) is 18.1 Å². The Morgan fingerprint density at radius 2 is 1.90 bits per heavy atom. The average Bonchev–Trinajstić information content (AvgIpc) is 2.43. The van der Waals surface area contributed by atoms with Gasteiger partial charge in [-0.05, 0) is 29.8 Å². The van der Waals surface area contributed by atoms with Crippen molar-refractivity contribution in [3.05, 3.63) is 58.1 Å². The Morgan fingerprint density at radius 1 is 1.25 bits per heavy atom. The predicted octanol–water partition coefficient (Wildman–Crippen LogP) is 3.01. The van der Waals surface area contributed by atoms with Crippen LogP contribution in [-0.2, 0) is 6.54 Å². The summed E-state index contributed by atoms with van der Waals surface area (Å²) in [5.74, 6) is -0.433. The Bertz CT molecular complexity index is 626. The molecule has 0 aromatic heterocycles. The van der Waals surface area contributed by atoms with Crippen LogP contribution in [0.4, 0.5) is 5.69 Å². The Hall–Kier alpha value is -2.01. The number of phenolic OH excluding ortho intramolecular Hbond substituents is 1. The van der Waals surface area contributed by atoms with Crippen molar-refractivity contribution in [2.24, 2.45) is 0 Å². The van der Waals surface area contributed by atoms with Gasteiger partial charge in [0.05, 0.1) is 11.3 Å². The summed E-state index contributed by atoms with van der Waals surface area (Å²) in [6, 6.07) is 12.5.